The summed E-state index contributed by atoms with van der Waals surface area (Å²) >= 11 is 0. The van der Waals surface area contributed by atoms with Crippen LogP contribution < -0.4 is 10.9 Å². The first-order valence-electron chi connectivity index (χ1n) is 10.6. The second-order valence-electron chi connectivity index (χ2n) is 8.05. The molecule has 0 saturated carbocycles. The number of hydrogen-bond acceptors (Lipinski definition) is 5. The number of hydrogen-bond donors (Lipinski definition) is 1. The molecule has 0 bridgehead atoms. The molecule has 3 aromatic carbocycles. The summed E-state index contributed by atoms with van der Waals surface area (Å²) in [5, 5.41) is 20.8. The third-order valence-corrected chi connectivity index (χ3v) is 5.30. The van der Waals surface area contributed by atoms with E-state index in [0.717, 1.165) is 23.2 Å². The zero-order valence-electron chi connectivity index (χ0n) is 18.0. The molecule has 0 aliphatic carbocycles. The number of benzene rings is 3. The third kappa shape index (κ3) is 4.23. The molecule has 0 fully saturated rings. The van der Waals surface area contributed by atoms with E-state index in [2.05, 4.69) is 24.3 Å². The highest BCUT2D eigenvalue weighted by Gasteiger charge is 2.21. The predicted octanol–water partition coefficient (Wildman–Crippen LogP) is 5.42. The minimum Gasteiger partial charge on any atom is -0.385 e. The minimum atomic E-state index is -0.487. The van der Waals surface area contributed by atoms with Crippen molar-refractivity contribution in [3.05, 3.63) is 93.3 Å². The molecule has 0 aliphatic heterocycles. The molecule has 162 valence electrons. The second kappa shape index (κ2) is 9.01. The smallest absolute Gasteiger partial charge is 0.295 e. The average molecular weight is 428 g/mol. The van der Waals surface area contributed by atoms with Crippen molar-refractivity contribution >= 4 is 22.1 Å². The van der Waals surface area contributed by atoms with Gasteiger partial charge in [0.2, 0.25) is 0 Å². The fourth-order valence-corrected chi connectivity index (χ4v) is 3.62. The van der Waals surface area contributed by atoms with Crippen LogP contribution in [0.1, 0.15) is 20.3 Å². The molecule has 0 atom stereocenters. The van der Waals surface area contributed by atoms with Gasteiger partial charge >= 0.3 is 0 Å². The van der Waals surface area contributed by atoms with Crippen LogP contribution in [0.25, 0.3) is 27.7 Å². The van der Waals surface area contributed by atoms with Crippen molar-refractivity contribution in [1.29, 1.82) is 0 Å². The summed E-state index contributed by atoms with van der Waals surface area (Å²) < 4.78 is 1.15. The molecule has 1 aromatic heterocycles. The summed E-state index contributed by atoms with van der Waals surface area (Å²) in [6.45, 7) is 4.99. The summed E-state index contributed by atoms with van der Waals surface area (Å²) in [6, 6.07) is 21.4. The highest BCUT2D eigenvalue weighted by molar-refractivity contribution is 5.94. The number of nitrogens with zero attached hydrogens (tertiary/aromatic N) is 3. The Morgan fingerprint density at radius 2 is 1.69 bits per heavy atom. The van der Waals surface area contributed by atoms with Gasteiger partial charge in [-0.15, -0.1) is 0 Å². The maximum Gasteiger partial charge on any atom is 0.295 e. The van der Waals surface area contributed by atoms with Crippen molar-refractivity contribution < 1.29 is 4.92 Å². The first kappa shape index (κ1) is 21.2. The maximum absolute atomic E-state index is 13.4. The number of rotatable bonds is 7. The van der Waals surface area contributed by atoms with Crippen LogP contribution in [0.3, 0.4) is 0 Å². The molecule has 0 amide bonds. The Labute approximate surface area is 185 Å². The third-order valence-electron chi connectivity index (χ3n) is 5.30. The maximum atomic E-state index is 13.4. The molecule has 0 spiro atoms. The standard InChI is InChI=1S/C25H24N4O3/c1-17(2)14-15-26-19-12-13-22(29(31)32)23(16-19)28-25(30)21-11-7-6-10-20(21)24(27-28)18-8-4-3-5-9-18/h3-13,16-17,26H,14-15H2,1-2H3. The molecule has 32 heavy (non-hydrogen) atoms. The molecule has 7 heteroatoms. The van der Waals surface area contributed by atoms with Crippen LogP contribution >= 0.6 is 0 Å². The number of fused-ring (bicyclic) bond motifs is 1. The van der Waals surface area contributed by atoms with Crippen LogP contribution in [0.2, 0.25) is 0 Å². The van der Waals surface area contributed by atoms with Gasteiger partial charge in [-0.25, -0.2) is 0 Å². The van der Waals surface area contributed by atoms with Gasteiger partial charge in [0, 0.05) is 29.2 Å². The van der Waals surface area contributed by atoms with E-state index in [4.69, 9.17) is 0 Å². The zero-order chi connectivity index (χ0) is 22.7. The molecule has 0 saturated heterocycles. The molecule has 1 N–H and O–H groups in total. The number of nitro benzene ring substituents is 1. The lowest BCUT2D eigenvalue weighted by Crippen LogP contribution is -2.23. The number of aromatic nitrogens is 2. The minimum absolute atomic E-state index is 0.137. The van der Waals surface area contributed by atoms with Crippen molar-refractivity contribution in [3.8, 4) is 16.9 Å². The highest BCUT2D eigenvalue weighted by Crippen LogP contribution is 2.29. The van der Waals surface area contributed by atoms with E-state index in [0.29, 0.717) is 28.1 Å². The summed E-state index contributed by atoms with van der Waals surface area (Å²) in [4.78, 5) is 24.7. The second-order valence-corrected chi connectivity index (χ2v) is 8.05. The van der Waals surface area contributed by atoms with Crippen LogP contribution in [0, 0.1) is 16.0 Å². The predicted molar refractivity (Wildman–Crippen MR) is 127 cm³/mol. The Morgan fingerprint density at radius 3 is 2.38 bits per heavy atom. The van der Waals surface area contributed by atoms with Crippen LogP contribution in [-0.2, 0) is 0 Å². The summed E-state index contributed by atoms with van der Waals surface area (Å²) in [5.74, 6) is 0.526. The highest BCUT2D eigenvalue weighted by atomic mass is 16.6. The van der Waals surface area contributed by atoms with Crippen molar-refractivity contribution in [2.45, 2.75) is 20.3 Å². The van der Waals surface area contributed by atoms with Crippen LogP contribution in [0.4, 0.5) is 11.4 Å². The van der Waals surface area contributed by atoms with Crippen LogP contribution in [0.5, 0.6) is 0 Å². The fraction of sp³-hybridized carbons (Fsp3) is 0.200. The summed E-state index contributed by atoms with van der Waals surface area (Å²) in [5.41, 5.74) is 1.68. The van der Waals surface area contributed by atoms with Gasteiger partial charge in [-0.1, -0.05) is 62.4 Å². The molecule has 4 aromatic rings. The Kier molecular flexibility index (Phi) is 5.98. The Hall–Kier alpha value is -4.00. The van der Waals surface area contributed by atoms with E-state index in [1.54, 1.807) is 24.3 Å². The van der Waals surface area contributed by atoms with Gasteiger partial charge in [-0.05, 0) is 30.5 Å². The zero-order valence-corrected chi connectivity index (χ0v) is 18.0. The molecule has 0 unspecified atom stereocenters. The van der Waals surface area contributed by atoms with E-state index in [9.17, 15) is 14.9 Å². The number of nitro groups is 1. The van der Waals surface area contributed by atoms with Gasteiger partial charge in [0.25, 0.3) is 11.2 Å². The summed E-state index contributed by atoms with van der Waals surface area (Å²) in [7, 11) is 0. The molecule has 0 aliphatic rings. The topological polar surface area (TPSA) is 90.1 Å². The normalized spacial score (nSPS) is 11.1. The Morgan fingerprint density at radius 1 is 1.00 bits per heavy atom. The van der Waals surface area contributed by atoms with Crippen molar-refractivity contribution in [1.82, 2.24) is 9.78 Å². The molecular formula is C25H24N4O3. The van der Waals surface area contributed by atoms with E-state index in [1.807, 2.05) is 42.5 Å². The van der Waals surface area contributed by atoms with Gasteiger partial charge in [-0.3, -0.25) is 14.9 Å². The van der Waals surface area contributed by atoms with Gasteiger partial charge < -0.3 is 5.32 Å². The SMILES string of the molecule is CC(C)CCNc1ccc([N+](=O)[O-])c(-n2nc(-c3ccccc3)c3ccccc3c2=O)c1. The molecule has 4 rings (SSSR count). The van der Waals surface area contributed by atoms with Gasteiger partial charge in [0.15, 0.2) is 0 Å². The van der Waals surface area contributed by atoms with Crippen molar-refractivity contribution in [2.75, 3.05) is 11.9 Å². The van der Waals surface area contributed by atoms with Crippen molar-refractivity contribution in [2.24, 2.45) is 5.92 Å². The Bertz CT molecular complexity index is 1330. The van der Waals surface area contributed by atoms with Crippen molar-refractivity contribution in [3.63, 3.8) is 0 Å². The first-order chi connectivity index (χ1) is 15.5. The quantitative estimate of drug-likeness (QED) is 0.314. The summed E-state index contributed by atoms with van der Waals surface area (Å²) in [6.07, 6.45) is 0.957. The molecule has 1 heterocycles. The number of nitrogens with one attached hydrogen (secondary N) is 1. The van der Waals surface area contributed by atoms with Gasteiger partial charge in [0.1, 0.15) is 5.69 Å². The van der Waals surface area contributed by atoms with E-state index < -0.39 is 10.5 Å². The molecule has 0 radical (unpaired) electrons. The lowest BCUT2D eigenvalue weighted by atomic mass is 10.1. The first-order valence-corrected chi connectivity index (χ1v) is 10.6. The Balaban J connectivity index is 1.94. The van der Waals surface area contributed by atoms with E-state index in [-0.39, 0.29) is 11.4 Å². The molecule has 7 nitrogen and oxygen atoms in total. The fourth-order valence-electron chi connectivity index (χ4n) is 3.62. The van der Waals surface area contributed by atoms with E-state index >= 15 is 0 Å². The lowest BCUT2D eigenvalue weighted by molar-refractivity contribution is -0.384. The van der Waals surface area contributed by atoms with Crippen LogP contribution in [-0.4, -0.2) is 21.2 Å². The van der Waals surface area contributed by atoms with Crippen LogP contribution in [0.15, 0.2) is 77.6 Å². The average Bonchev–Trinajstić information content (AvgIpc) is 2.80. The lowest BCUT2D eigenvalue weighted by Gasteiger charge is -2.13. The van der Waals surface area contributed by atoms with Gasteiger partial charge in [0.05, 0.1) is 16.0 Å². The molecular weight excluding hydrogens is 404 g/mol. The van der Waals surface area contributed by atoms with E-state index in [1.165, 1.54) is 6.07 Å². The monoisotopic (exact) mass is 428 g/mol. The number of anilines is 1. The van der Waals surface area contributed by atoms with Gasteiger partial charge in [-0.2, -0.15) is 9.78 Å². The largest absolute Gasteiger partial charge is 0.385 e.